The van der Waals surface area contributed by atoms with E-state index in [1.807, 2.05) is 48.5 Å². The van der Waals surface area contributed by atoms with E-state index in [4.69, 9.17) is 4.74 Å². The number of thiazole rings is 1. The molecule has 0 radical (unpaired) electrons. The van der Waals surface area contributed by atoms with Crippen LogP contribution < -0.4 is 14.9 Å². The molecule has 0 amide bonds. The number of allylic oxidation sites excluding steroid dienone is 1. The molecule has 1 N–H and O–H groups in total. The Hall–Kier alpha value is -3.45. The molecule has 2 heterocycles. The molecule has 1 aromatic heterocycles. The number of benzene rings is 2. The standard InChI is InChI=1S/C31H36N2O4S/c1-9-37-28(36)24-18(2)32-29-33(25(24)20-13-11-10-12-14-20)27(35)23(38-29)17-19-15-21(30(3,4)5)26(34)22(16-19)31(6,7)8/h10-17,25,34H,9H2,1-8H3/b23-17+. The average Bonchev–Trinajstić information content (AvgIpc) is 3.12. The molecule has 1 atom stereocenters. The van der Waals surface area contributed by atoms with Crippen LogP contribution in [0.2, 0.25) is 0 Å². The zero-order valence-corrected chi connectivity index (χ0v) is 24.2. The van der Waals surface area contributed by atoms with Crippen molar-refractivity contribution in [3.8, 4) is 5.75 Å². The number of carbonyl (C=O) groups excluding carboxylic acids is 1. The summed E-state index contributed by atoms with van der Waals surface area (Å²) in [6.45, 7) is 16.1. The van der Waals surface area contributed by atoms with E-state index in [0.29, 0.717) is 26.4 Å². The van der Waals surface area contributed by atoms with Gasteiger partial charge in [0.2, 0.25) is 0 Å². The Labute approximate surface area is 227 Å². The fourth-order valence-corrected chi connectivity index (χ4v) is 5.82. The molecule has 4 rings (SSSR count). The van der Waals surface area contributed by atoms with Gasteiger partial charge < -0.3 is 9.84 Å². The van der Waals surface area contributed by atoms with Gasteiger partial charge in [-0.2, -0.15) is 0 Å². The van der Waals surface area contributed by atoms with Gasteiger partial charge in [-0.3, -0.25) is 9.36 Å². The Bertz CT molecular complexity index is 1560. The number of rotatable bonds is 4. The molecule has 0 spiro atoms. The normalized spacial score (nSPS) is 16.3. The highest BCUT2D eigenvalue weighted by atomic mass is 32.1. The summed E-state index contributed by atoms with van der Waals surface area (Å²) in [7, 11) is 0. The molecular weight excluding hydrogens is 496 g/mol. The predicted molar refractivity (Wildman–Crippen MR) is 152 cm³/mol. The molecule has 0 fully saturated rings. The number of ether oxygens (including phenoxy) is 1. The van der Waals surface area contributed by atoms with Crippen molar-refractivity contribution < 1.29 is 14.6 Å². The van der Waals surface area contributed by atoms with E-state index >= 15 is 0 Å². The van der Waals surface area contributed by atoms with Gasteiger partial charge in [-0.1, -0.05) is 83.2 Å². The number of carbonyl (C=O) groups is 1. The molecule has 1 unspecified atom stereocenters. The van der Waals surface area contributed by atoms with E-state index in [2.05, 4.69) is 46.5 Å². The lowest BCUT2D eigenvalue weighted by Gasteiger charge is -2.27. The first-order valence-electron chi connectivity index (χ1n) is 12.9. The van der Waals surface area contributed by atoms with Gasteiger partial charge in [0.1, 0.15) is 5.75 Å². The van der Waals surface area contributed by atoms with E-state index in [9.17, 15) is 14.7 Å². The van der Waals surface area contributed by atoms with Gasteiger partial charge in [0, 0.05) is 11.1 Å². The van der Waals surface area contributed by atoms with Gasteiger partial charge in [-0.25, -0.2) is 9.79 Å². The molecule has 200 valence electrons. The summed E-state index contributed by atoms with van der Waals surface area (Å²) in [5.41, 5.74) is 3.40. The minimum Gasteiger partial charge on any atom is -0.507 e. The van der Waals surface area contributed by atoms with Gasteiger partial charge in [0.05, 0.1) is 28.5 Å². The van der Waals surface area contributed by atoms with Crippen LogP contribution in [0, 0.1) is 0 Å². The molecule has 3 aromatic rings. The summed E-state index contributed by atoms with van der Waals surface area (Å²) in [6, 6.07) is 12.8. The molecule has 0 bridgehead atoms. The van der Waals surface area contributed by atoms with Crippen molar-refractivity contribution >= 4 is 23.4 Å². The third kappa shape index (κ3) is 5.12. The van der Waals surface area contributed by atoms with Gasteiger partial charge in [-0.05, 0) is 54.0 Å². The molecule has 0 saturated heterocycles. The van der Waals surface area contributed by atoms with Crippen LogP contribution in [0.25, 0.3) is 6.08 Å². The third-order valence-corrected chi connectivity index (χ3v) is 7.66. The Morgan fingerprint density at radius 2 is 1.66 bits per heavy atom. The second kappa shape index (κ2) is 10.0. The van der Waals surface area contributed by atoms with E-state index in [1.54, 1.807) is 18.4 Å². The first-order chi connectivity index (χ1) is 17.7. The van der Waals surface area contributed by atoms with E-state index in [1.165, 1.54) is 11.3 Å². The lowest BCUT2D eigenvalue weighted by atomic mass is 9.78. The number of hydrogen-bond donors (Lipinski definition) is 1. The Balaban J connectivity index is 1.99. The molecule has 38 heavy (non-hydrogen) atoms. The van der Waals surface area contributed by atoms with Crippen molar-refractivity contribution in [3.63, 3.8) is 0 Å². The lowest BCUT2D eigenvalue weighted by molar-refractivity contribution is -0.139. The third-order valence-electron chi connectivity index (χ3n) is 6.68. The maximum atomic E-state index is 13.9. The topological polar surface area (TPSA) is 80.9 Å². The minimum absolute atomic E-state index is 0.223. The van der Waals surface area contributed by atoms with Crippen LogP contribution in [0.1, 0.15) is 83.7 Å². The first kappa shape index (κ1) is 27.6. The van der Waals surface area contributed by atoms with Crippen LogP contribution in [0.5, 0.6) is 5.75 Å². The second-order valence-electron chi connectivity index (χ2n) is 11.7. The number of phenols is 1. The first-order valence-corrected chi connectivity index (χ1v) is 13.7. The van der Waals surface area contributed by atoms with Gasteiger partial charge in [0.15, 0.2) is 4.80 Å². The van der Waals surface area contributed by atoms with Crippen molar-refractivity contribution in [1.82, 2.24) is 4.57 Å². The maximum Gasteiger partial charge on any atom is 0.338 e. The summed E-state index contributed by atoms with van der Waals surface area (Å²) in [5, 5.41) is 11.1. The number of hydrogen-bond acceptors (Lipinski definition) is 6. The fraction of sp³-hybridized carbons (Fsp3) is 0.387. The van der Waals surface area contributed by atoms with Gasteiger partial charge in [-0.15, -0.1) is 0 Å². The van der Waals surface area contributed by atoms with Crippen LogP contribution in [-0.2, 0) is 20.4 Å². The van der Waals surface area contributed by atoms with Gasteiger partial charge in [0.25, 0.3) is 5.56 Å². The molecule has 7 heteroatoms. The maximum absolute atomic E-state index is 13.9. The summed E-state index contributed by atoms with van der Waals surface area (Å²) in [4.78, 5) is 32.1. The van der Waals surface area contributed by atoms with Crippen molar-refractivity contribution in [2.45, 2.75) is 72.3 Å². The van der Waals surface area contributed by atoms with E-state index in [-0.39, 0.29) is 23.0 Å². The van der Waals surface area contributed by atoms with Crippen molar-refractivity contribution in [2.24, 2.45) is 4.99 Å². The second-order valence-corrected chi connectivity index (χ2v) is 12.7. The number of fused-ring (bicyclic) bond motifs is 1. The van der Waals surface area contributed by atoms with Crippen LogP contribution in [0.4, 0.5) is 0 Å². The predicted octanol–water partition coefficient (Wildman–Crippen LogP) is 5.10. The molecule has 2 aromatic carbocycles. The van der Waals surface area contributed by atoms with Crippen molar-refractivity contribution in [3.05, 3.63) is 95.7 Å². The minimum atomic E-state index is -0.635. The Kier molecular flexibility index (Phi) is 7.28. The number of aromatic nitrogens is 1. The molecular formula is C31H36N2O4S. The summed E-state index contributed by atoms with van der Waals surface area (Å²) in [6.07, 6.45) is 1.86. The van der Waals surface area contributed by atoms with Crippen LogP contribution >= 0.6 is 11.3 Å². The van der Waals surface area contributed by atoms with E-state index in [0.717, 1.165) is 22.3 Å². The molecule has 1 aliphatic heterocycles. The summed E-state index contributed by atoms with van der Waals surface area (Å²) in [5.74, 6) is -0.178. The molecule has 0 saturated carbocycles. The average molecular weight is 533 g/mol. The quantitative estimate of drug-likeness (QED) is 0.474. The highest BCUT2D eigenvalue weighted by molar-refractivity contribution is 7.07. The van der Waals surface area contributed by atoms with E-state index < -0.39 is 12.0 Å². The Morgan fingerprint density at radius 3 is 2.18 bits per heavy atom. The number of phenolic OH excluding ortho intramolecular Hbond substituents is 1. The SMILES string of the molecule is CCOC(=O)C1=C(C)N=c2s/c(=C/c3cc(C(C)(C)C)c(O)c(C(C)(C)C)c3)c(=O)n2C1c1ccccc1. The zero-order chi connectivity index (χ0) is 28.0. The van der Waals surface area contributed by atoms with Gasteiger partial charge >= 0.3 is 5.97 Å². The fourth-order valence-electron chi connectivity index (χ4n) is 4.78. The highest BCUT2D eigenvalue weighted by Crippen LogP contribution is 2.40. The number of esters is 1. The lowest BCUT2D eigenvalue weighted by Crippen LogP contribution is -2.39. The largest absolute Gasteiger partial charge is 0.507 e. The molecule has 6 nitrogen and oxygen atoms in total. The Morgan fingerprint density at radius 1 is 1.08 bits per heavy atom. The monoisotopic (exact) mass is 532 g/mol. The molecule has 1 aliphatic rings. The van der Waals surface area contributed by atoms with Crippen molar-refractivity contribution in [2.75, 3.05) is 6.61 Å². The smallest absolute Gasteiger partial charge is 0.338 e. The molecule has 0 aliphatic carbocycles. The summed E-state index contributed by atoms with van der Waals surface area (Å²) < 4.78 is 7.47. The van der Waals surface area contributed by atoms with Crippen LogP contribution in [-0.4, -0.2) is 22.2 Å². The summed E-state index contributed by atoms with van der Waals surface area (Å²) >= 11 is 1.30. The zero-order valence-electron chi connectivity index (χ0n) is 23.4. The highest BCUT2D eigenvalue weighted by Gasteiger charge is 2.33. The van der Waals surface area contributed by atoms with Crippen LogP contribution in [0.15, 0.2) is 63.5 Å². The number of aromatic hydroxyl groups is 1. The van der Waals surface area contributed by atoms with Crippen LogP contribution in [0.3, 0.4) is 0 Å². The van der Waals surface area contributed by atoms with Crippen molar-refractivity contribution in [1.29, 1.82) is 0 Å². The number of nitrogens with zero attached hydrogens (tertiary/aromatic N) is 2.